The quantitative estimate of drug-likeness (QED) is 0.641. The minimum absolute atomic E-state index is 0.0549. The van der Waals surface area contributed by atoms with Gasteiger partial charge in [0.1, 0.15) is 0 Å². The highest BCUT2D eigenvalue weighted by atomic mass is 32.2. The zero-order valence-electron chi connectivity index (χ0n) is 15.6. The van der Waals surface area contributed by atoms with Crippen LogP contribution < -0.4 is 10.2 Å². The Morgan fingerprint density at radius 1 is 1.00 bits per heavy atom. The first-order valence-corrected chi connectivity index (χ1v) is 10.2. The second kappa shape index (κ2) is 8.99. The van der Waals surface area contributed by atoms with Crippen LogP contribution in [-0.4, -0.2) is 49.4 Å². The van der Waals surface area contributed by atoms with Crippen LogP contribution in [0.2, 0.25) is 0 Å². The molecule has 1 saturated heterocycles. The smallest absolute Gasteiger partial charge is 0.317 e. The van der Waals surface area contributed by atoms with E-state index < -0.39 is 0 Å². The summed E-state index contributed by atoms with van der Waals surface area (Å²) in [5, 5.41) is 3.05. The van der Waals surface area contributed by atoms with Crippen molar-refractivity contribution in [1.29, 1.82) is 0 Å². The van der Waals surface area contributed by atoms with Crippen LogP contribution in [0.25, 0.3) is 0 Å². The van der Waals surface area contributed by atoms with Crippen molar-refractivity contribution in [3.05, 3.63) is 59.7 Å². The highest BCUT2D eigenvalue weighted by molar-refractivity contribution is 7.99. The number of nitrogens with zero attached hydrogens (tertiary/aromatic N) is 2. The molecule has 1 N–H and O–H groups in total. The monoisotopic (exact) mass is 369 g/mol. The van der Waals surface area contributed by atoms with E-state index in [1.807, 2.05) is 23.1 Å². The molecule has 1 heterocycles. The maximum absolute atomic E-state index is 12.4. The Morgan fingerprint density at radius 2 is 1.73 bits per heavy atom. The Morgan fingerprint density at radius 3 is 2.46 bits per heavy atom. The van der Waals surface area contributed by atoms with Gasteiger partial charge < -0.3 is 15.1 Å². The number of aryl methyl sites for hydroxylation is 1. The van der Waals surface area contributed by atoms with E-state index in [9.17, 15) is 4.79 Å². The largest absolute Gasteiger partial charge is 0.368 e. The Hall–Kier alpha value is -2.14. The van der Waals surface area contributed by atoms with Gasteiger partial charge in [-0.1, -0.05) is 30.3 Å². The van der Waals surface area contributed by atoms with Crippen LogP contribution in [0.4, 0.5) is 10.5 Å². The van der Waals surface area contributed by atoms with Crippen LogP contribution in [0.1, 0.15) is 11.1 Å². The van der Waals surface area contributed by atoms with Crippen molar-refractivity contribution >= 4 is 23.5 Å². The summed E-state index contributed by atoms with van der Waals surface area (Å²) in [6, 6.07) is 16.8. The number of amides is 2. The molecule has 5 heteroatoms. The molecule has 4 nitrogen and oxygen atoms in total. The predicted octanol–water partition coefficient (Wildman–Crippen LogP) is 3.93. The Kier molecular flexibility index (Phi) is 6.45. The van der Waals surface area contributed by atoms with E-state index in [1.54, 1.807) is 11.8 Å². The van der Waals surface area contributed by atoms with Crippen molar-refractivity contribution in [2.45, 2.75) is 18.7 Å². The number of thioether (sulfide) groups is 1. The van der Waals surface area contributed by atoms with Gasteiger partial charge in [0.2, 0.25) is 0 Å². The molecule has 1 aliphatic heterocycles. The molecule has 0 bridgehead atoms. The normalized spacial score (nSPS) is 14.4. The number of piperazine rings is 1. The summed E-state index contributed by atoms with van der Waals surface area (Å²) in [6.07, 6.45) is 0. The molecule has 3 rings (SSSR count). The third-order valence-electron chi connectivity index (χ3n) is 4.87. The molecule has 0 atom stereocenters. The van der Waals surface area contributed by atoms with Crippen LogP contribution in [0, 0.1) is 13.8 Å². The average molecular weight is 370 g/mol. The van der Waals surface area contributed by atoms with E-state index in [-0.39, 0.29) is 6.03 Å². The van der Waals surface area contributed by atoms with E-state index in [1.165, 1.54) is 21.7 Å². The number of carbonyl (C=O) groups is 1. The lowest BCUT2D eigenvalue weighted by Crippen LogP contribution is -2.52. The van der Waals surface area contributed by atoms with E-state index in [4.69, 9.17) is 0 Å². The molecule has 138 valence electrons. The van der Waals surface area contributed by atoms with Crippen LogP contribution in [-0.2, 0) is 0 Å². The first-order valence-electron chi connectivity index (χ1n) is 9.17. The molecule has 0 saturated carbocycles. The molecule has 26 heavy (non-hydrogen) atoms. The SMILES string of the molecule is Cc1cccc(N2CCN(C(=O)NCCSc3ccccc3)CC2)c1C. The fourth-order valence-corrected chi connectivity index (χ4v) is 3.97. The molecule has 1 aliphatic rings. The van der Waals surface area contributed by atoms with Gasteiger partial charge in [-0.3, -0.25) is 0 Å². The molecule has 2 aromatic carbocycles. The Labute approximate surface area is 160 Å². The summed E-state index contributed by atoms with van der Waals surface area (Å²) < 4.78 is 0. The fraction of sp³-hybridized carbons (Fsp3) is 0.381. The van der Waals surface area contributed by atoms with Crippen LogP contribution in [0.3, 0.4) is 0 Å². The van der Waals surface area contributed by atoms with Gasteiger partial charge in [-0.2, -0.15) is 0 Å². The number of hydrogen-bond acceptors (Lipinski definition) is 3. The summed E-state index contributed by atoms with van der Waals surface area (Å²) in [5.74, 6) is 0.887. The third-order valence-corrected chi connectivity index (χ3v) is 5.89. The molecule has 0 radical (unpaired) electrons. The Bertz CT molecular complexity index is 727. The second-order valence-electron chi connectivity index (χ2n) is 6.59. The van der Waals surface area contributed by atoms with Gasteiger partial charge in [0.25, 0.3) is 0 Å². The molecule has 0 unspecified atom stereocenters. The van der Waals surface area contributed by atoms with Gasteiger partial charge in [0, 0.05) is 49.1 Å². The molecule has 0 aromatic heterocycles. The fourth-order valence-electron chi connectivity index (χ4n) is 3.18. The highest BCUT2D eigenvalue weighted by Crippen LogP contribution is 2.23. The van der Waals surface area contributed by atoms with Crippen molar-refractivity contribution in [2.24, 2.45) is 0 Å². The van der Waals surface area contributed by atoms with Gasteiger partial charge in [-0.15, -0.1) is 11.8 Å². The molecular formula is C21H27N3OS. The van der Waals surface area contributed by atoms with Gasteiger partial charge in [0.05, 0.1) is 0 Å². The number of anilines is 1. The zero-order valence-corrected chi connectivity index (χ0v) is 16.4. The second-order valence-corrected chi connectivity index (χ2v) is 7.75. The minimum Gasteiger partial charge on any atom is -0.368 e. The van der Waals surface area contributed by atoms with Gasteiger partial charge in [0.15, 0.2) is 0 Å². The molecule has 2 amide bonds. The lowest BCUT2D eigenvalue weighted by Gasteiger charge is -2.37. The van der Waals surface area contributed by atoms with Crippen molar-refractivity contribution < 1.29 is 4.79 Å². The minimum atomic E-state index is 0.0549. The third kappa shape index (κ3) is 4.73. The zero-order chi connectivity index (χ0) is 18.4. The lowest BCUT2D eigenvalue weighted by atomic mass is 10.1. The molecule has 2 aromatic rings. The van der Waals surface area contributed by atoms with Crippen molar-refractivity contribution in [1.82, 2.24) is 10.2 Å². The summed E-state index contributed by atoms with van der Waals surface area (Å²) >= 11 is 1.77. The number of benzene rings is 2. The van der Waals surface area contributed by atoms with E-state index in [2.05, 4.69) is 54.4 Å². The first-order chi connectivity index (χ1) is 12.6. The number of hydrogen-bond donors (Lipinski definition) is 1. The maximum Gasteiger partial charge on any atom is 0.317 e. The number of rotatable bonds is 5. The summed E-state index contributed by atoms with van der Waals surface area (Å²) in [6.45, 7) is 8.32. The predicted molar refractivity (Wildman–Crippen MR) is 110 cm³/mol. The van der Waals surface area contributed by atoms with Crippen LogP contribution >= 0.6 is 11.8 Å². The van der Waals surface area contributed by atoms with Gasteiger partial charge in [-0.05, 0) is 43.2 Å². The van der Waals surface area contributed by atoms with Crippen LogP contribution in [0.15, 0.2) is 53.4 Å². The summed E-state index contributed by atoms with van der Waals surface area (Å²) in [5.41, 5.74) is 3.95. The van der Waals surface area contributed by atoms with Crippen molar-refractivity contribution in [3.8, 4) is 0 Å². The van der Waals surface area contributed by atoms with Crippen molar-refractivity contribution in [3.63, 3.8) is 0 Å². The highest BCUT2D eigenvalue weighted by Gasteiger charge is 2.21. The molecule has 0 aliphatic carbocycles. The van der Waals surface area contributed by atoms with Crippen molar-refractivity contribution in [2.75, 3.05) is 43.4 Å². The summed E-state index contributed by atoms with van der Waals surface area (Å²) in [4.78, 5) is 17.9. The molecule has 0 spiro atoms. The van der Waals surface area contributed by atoms with E-state index >= 15 is 0 Å². The average Bonchev–Trinajstić information content (AvgIpc) is 2.68. The number of carbonyl (C=O) groups excluding carboxylic acids is 1. The summed E-state index contributed by atoms with van der Waals surface area (Å²) in [7, 11) is 0. The standard InChI is InChI=1S/C21H27N3OS/c1-17-7-6-10-20(18(17)2)23-12-14-24(15-13-23)21(25)22-11-16-26-19-8-4-3-5-9-19/h3-10H,11-16H2,1-2H3,(H,22,25). The number of urea groups is 1. The lowest BCUT2D eigenvalue weighted by molar-refractivity contribution is 0.195. The first kappa shape index (κ1) is 18.6. The van der Waals surface area contributed by atoms with Gasteiger partial charge >= 0.3 is 6.03 Å². The molecular weight excluding hydrogens is 342 g/mol. The molecule has 1 fully saturated rings. The Balaban J connectivity index is 1.41. The van der Waals surface area contributed by atoms with E-state index in [0.717, 1.165) is 31.9 Å². The topological polar surface area (TPSA) is 35.6 Å². The maximum atomic E-state index is 12.4. The van der Waals surface area contributed by atoms with E-state index in [0.29, 0.717) is 6.54 Å². The number of nitrogens with one attached hydrogen (secondary N) is 1. The van der Waals surface area contributed by atoms with Gasteiger partial charge in [-0.25, -0.2) is 4.79 Å². The van der Waals surface area contributed by atoms with Crippen LogP contribution in [0.5, 0.6) is 0 Å².